The average molecular weight is 262 g/mol. The van der Waals surface area contributed by atoms with E-state index in [0.717, 1.165) is 11.3 Å². The molecule has 0 saturated carbocycles. The lowest BCUT2D eigenvalue weighted by Gasteiger charge is -2.19. The molecule has 1 aromatic rings. The summed E-state index contributed by atoms with van der Waals surface area (Å²) in [6.07, 6.45) is 0.474. The molecular weight excluding hydrogens is 240 g/mol. The van der Waals surface area contributed by atoms with Crippen LogP contribution in [0.1, 0.15) is 32.8 Å². The lowest BCUT2D eigenvalue weighted by molar-refractivity contribution is -0.0163. The number of benzene rings is 1. The van der Waals surface area contributed by atoms with Crippen molar-refractivity contribution in [2.75, 3.05) is 19.8 Å². The van der Waals surface area contributed by atoms with E-state index < -0.39 is 0 Å². The molecule has 0 bridgehead atoms. The van der Waals surface area contributed by atoms with Crippen LogP contribution < -0.4 is 4.74 Å². The molecule has 1 aromatic carbocycles. The van der Waals surface area contributed by atoms with Gasteiger partial charge in [-0.15, -0.1) is 0 Å². The van der Waals surface area contributed by atoms with E-state index in [1.807, 2.05) is 45.0 Å². The normalized spacial score (nSPS) is 10.7. The quantitative estimate of drug-likeness (QED) is 0.655. The van der Waals surface area contributed by atoms with Crippen LogP contribution in [0, 0.1) is 11.8 Å². The van der Waals surface area contributed by atoms with Crippen molar-refractivity contribution in [2.45, 2.75) is 32.8 Å². The zero-order valence-corrected chi connectivity index (χ0v) is 11.9. The van der Waals surface area contributed by atoms with Gasteiger partial charge in [0.25, 0.3) is 0 Å². The predicted molar refractivity (Wildman–Crippen MR) is 76.2 cm³/mol. The van der Waals surface area contributed by atoms with Gasteiger partial charge in [-0.25, -0.2) is 0 Å². The molecule has 3 nitrogen and oxygen atoms in total. The maximum absolute atomic E-state index is 8.71. The van der Waals surface area contributed by atoms with Crippen LogP contribution in [0.2, 0.25) is 0 Å². The van der Waals surface area contributed by atoms with Crippen molar-refractivity contribution in [1.82, 2.24) is 0 Å². The summed E-state index contributed by atoms with van der Waals surface area (Å²) >= 11 is 0. The maximum Gasteiger partial charge on any atom is 0.135 e. The third-order valence-electron chi connectivity index (χ3n) is 2.22. The van der Waals surface area contributed by atoms with Gasteiger partial charge in [-0.05, 0) is 32.9 Å². The highest BCUT2D eigenvalue weighted by Crippen LogP contribution is 2.16. The van der Waals surface area contributed by atoms with E-state index in [2.05, 4.69) is 11.8 Å². The molecule has 3 heteroatoms. The Morgan fingerprint density at radius 1 is 1.16 bits per heavy atom. The second-order valence-electron chi connectivity index (χ2n) is 5.08. The van der Waals surface area contributed by atoms with E-state index in [4.69, 9.17) is 14.6 Å². The summed E-state index contributed by atoms with van der Waals surface area (Å²) < 4.78 is 11.3. The Kier molecular flexibility index (Phi) is 6.41. The molecule has 19 heavy (non-hydrogen) atoms. The molecule has 0 aliphatic carbocycles. The van der Waals surface area contributed by atoms with Crippen molar-refractivity contribution in [1.29, 1.82) is 0 Å². The zero-order chi connectivity index (χ0) is 14.1. The number of hydrogen-bond donors (Lipinski definition) is 1. The lowest BCUT2D eigenvalue weighted by atomic mass is 10.2. The van der Waals surface area contributed by atoms with Crippen LogP contribution in [0.3, 0.4) is 0 Å². The number of aliphatic hydroxyl groups is 1. The SMILES string of the molecule is CC(C)(C)OCCOc1ccccc1C#CCCO. The van der Waals surface area contributed by atoms with Gasteiger partial charge in [-0.1, -0.05) is 24.0 Å². The maximum atomic E-state index is 8.71. The Labute approximate surface area is 115 Å². The Bertz CT molecular complexity index is 435. The van der Waals surface area contributed by atoms with Gasteiger partial charge in [-0.3, -0.25) is 0 Å². The summed E-state index contributed by atoms with van der Waals surface area (Å²) in [5, 5.41) is 8.71. The summed E-state index contributed by atoms with van der Waals surface area (Å²) in [4.78, 5) is 0. The van der Waals surface area contributed by atoms with E-state index in [0.29, 0.717) is 19.6 Å². The van der Waals surface area contributed by atoms with E-state index in [-0.39, 0.29) is 12.2 Å². The summed E-state index contributed by atoms with van der Waals surface area (Å²) in [6, 6.07) is 7.63. The second-order valence-corrected chi connectivity index (χ2v) is 5.08. The Balaban J connectivity index is 2.52. The highest BCUT2D eigenvalue weighted by atomic mass is 16.5. The van der Waals surface area contributed by atoms with Crippen LogP contribution in [0.4, 0.5) is 0 Å². The van der Waals surface area contributed by atoms with Crippen molar-refractivity contribution in [3.05, 3.63) is 29.8 Å². The molecule has 1 N–H and O–H groups in total. The fourth-order valence-electron chi connectivity index (χ4n) is 1.41. The first-order valence-electron chi connectivity index (χ1n) is 6.48. The second kappa shape index (κ2) is 7.83. The molecular formula is C16H22O3. The predicted octanol–water partition coefficient (Wildman–Crippen LogP) is 2.61. The highest BCUT2D eigenvalue weighted by Gasteiger charge is 2.09. The fraction of sp³-hybridized carbons (Fsp3) is 0.500. The number of ether oxygens (including phenoxy) is 2. The van der Waals surface area contributed by atoms with Gasteiger partial charge in [0, 0.05) is 6.42 Å². The first-order chi connectivity index (χ1) is 9.03. The van der Waals surface area contributed by atoms with E-state index >= 15 is 0 Å². The minimum atomic E-state index is -0.149. The molecule has 0 unspecified atom stereocenters. The molecule has 0 atom stereocenters. The van der Waals surface area contributed by atoms with Crippen molar-refractivity contribution < 1.29 is 14.6 Å². The number of para-hydroxylation sites is 1. The van der Waals surface area contributed by atoms with E-state index in [1.165, 1.54) is 0 Å². The van der Waals surface area contributed by atoms with E-state index in [1.54, 1.807) is 0 Å². The lowest BCUT2D eigenvalue weighted by Crippen LogP contribution is -2.22. The van der Waals surface area contributed by atoms with Crippen LogP contribution in [0.25, 0.3) is 0 Å². The van der Waals surface area contributed by atoms with Gasteiger partial charge in [0.2, 0.25) is 0 Å². The van der Waals surface area contributed by atoms with Crippen LogP contribution in [-0.4, -0.2) is 30.5 Å². The summed E-state index contributed by atoms with van der Waals surface area (Å²) in [6.45, 7) is 7.16. The Hall–Kier alpha value is -1.50. The monoisotopic (exact) mass is 262 g/mol. The van der Waals surface area contributed by atoms with Gasteiger partial charge in [0.05, 0.1) is 24.4 Å². The third-order valence-corrected chi connectivity index (χ3v) is 2.22. The molecule has 104 valence electrons. The molecule has 0 amide bonds. The minimum Gasteiger partial charge on any atom is -0.490 e. The van der Waals surface area contributed by atoms with Gasteiger partial charge < -0.3 is 14.6 Å². The van der Waals surface area contributed by atoms with Crippen molar-refractivity contribution in [3.63, 3.8) is 0 Å². The average Bonchev–Trinajstić information content (AvgIpc) is 2.35. The number of hydrogen-bond acceptors (Lipinski definition) is 3. The molecule has 0 fully saturated rings. The van der Waals surface area contributed by atoms with Gasteiger partial charge in [0.1, 0.15) is 12.4 Å². The number of aliphatic hydroxyl groups excluding tert-OH is 1. The molecule has 0 aromatic heterocycles. The topological polar surface area (TPSA) is 38.7 Å². The summed E-state index contributed by atoms with van der Waals surface area (Å²) in [7, 11) is 0. The van der Waals surface area contributed by atoms with E-state index in [9.17, 15) is 0 Å². The zero-order valence-electron chi connectivity index (χ0n) is 11.9. The largest absolute Gasteiger partial charge is 0.490 e. The van der Waals surface area contributed by atoms with Crippen molar-refractivity contribution in [3.8, 4) is 17.6 Å². The number of rotatable bonds is 5. The van der Waals surface area contributed by atoms with Gasteiger partial charge in [-0.2, -0.15) is 0 Å². The third kappa shape index (κ3) is 6.85. The molecule has 0 aliphatic rings. The standard InChI is InChI=1S/C16H22O3/c1-16(2,3)19-13-12-18-15-10-5-4-8-14(15)9-6-7-11-17/h4-5,8,10,17H,7,11-13H2,1-3H3. The molecule has 0 heterocycles. The summed E-state index contributed by atoms with van der Waals surface area (Å²) in [5.74, 6) is 6.65. The molecule has 1 rings (SSSR count). The highest BCUT2D eigenvalue weighted by molar-refractivity contribution is 5.45. The fourth-order valence-corrected chi connectivity index (χ4v) is 1.41. The first kappa shape index (κ1) is 15.6. The van der Waals surface area contributed by atoms with Crippen molar-refractivity contribution >= 4 is 0 Å². The molecule has 0 saturated heterocycles. The van der Waals surface area contributed by atoms with Gasteiger partial charge >= 0.3 is 0 Å². The van der Waals surface area contributed by atoms with Gasteiger partial charge in [0.15, 0.2) is 0 Å². The van der Waals surface area contributed by atoms with Crippen LogP contribution in [0.15, 0.2) is 24.3 Å². The van der Waals surface area contributed by atoms with Crippen LogP contribution >= 0.6 is 0 Å². The summed E-state index contributed by atoms with van der Waals surface area (Å²) in [5.41, 5.74) is 0.691. The first-order valence-corrected chi connectivity index (χ1v) is 6.48. The molecule has 0 radical (unpaired) electrons. The Morgan fingerprint density at radius 2 is 1.89 bits per heavy atom. The van der Waals surface area contributed by atoms with Crippen molar-refractivity contribution in [2.24, 2.45) is 0 Å². The molecule has 0 aliphatic heterocycles. The smallest absolute Gasteiger partial charge is 0.135 e. The van der Waals surface area contributed by atoms with Crippen LogP contribution in [-0.2, 0) is 4.74 Å². The van der Waals surface area contributed by atoms with Crippen LogP contribution in [0.5, 0.6) is 5.75 Å². The Morgan fingerprint density at radius 3 is 2.58 bits per heavy atom. The minimum absolute atomic E-state index is 0.0788. The molecule has 0 spiro atoms.